The van der Waals surface area contributed by atoms with Gasteiger partial charge in [-0.05, 0) is 44.4 Å². The van der Waals surface area contributed by atoms with E-state index >= 15 is 0 Å². The van der Waals surface area contributed by atoms with Crippen LogP contribution in [0.25, 0.3) is 10.9 Å². The quantitative estimate of drug-likeness (QED) is 0.688. The van der Waals surface area contributed by atoms with Crippen molar-refractivity contribution in [2.24, 2.45) is 0 Å². The van der Waals surface area contributed by atoms with Crippen molar-refractivity contribution >= 4 is 22.7 Å². The van der Waals surface area contributed by atoms with Gasteiger partial charge in [-0.2, -0.15) is 0 Å². The summed E-state index contributed by atoms with van der Waals surface area (Å²) in [4.78, 5) is 28.9. The molecule has 0 spiro atoms. The first kappa shape index (κ1) is 21.7. The van der Waals surface area contributed by atoms with E-state index in [1.54, 1.807) is 19.1 Å². The SMILES string of the molecule is COCCCN1C(=O)c2cc3ccc(OC)cc3n2CC1(C)C(=O)NC1CCCCC1. The van der Waals surface area contributed by atoms with Gasteiger partial charge in [0.1, 0.15) is 17.0 Å². The van der Waals surface area contributed by atoms with Crippen LogP contribution < -0.4 is 10.1 Å². The lowest BCUT2D eigenvalue weighted by molar-refractivity contribution is -0.133. The monoisotopic (exact) mass is 427 g/mol. The number of rotatable bonds is 7. The van der Waals surface area contributed by atoms with Crippen molar-refractivity contribution in [2.45, 2.75) is 63.6 Å². The third-order valence-electron chi connectivity index (χ3n) is 6.80. The van der Waals surface area contributed by atoms with Gasteiger partial charge in [-0.1, -0.05) is 19.3 Å². The van der Waals surface area contributed by atoms with E-state index in [0.717, 1.165) is 42.3 Å². The summed E-state index contributed by atoms with van der Waals surface area (Å²) in [7, 11) is 3.28. The summed E-state index contributed by atoms with van der Waals surface area (Å²) in [6.07, 6.45) is 6.21. The van der Waals surface area contributed by atoms with Crippen molar-refractivity contribution in [1.29, 1.82) is 0 Å². The van der Waals surface area contributed by atoms with Crippen LogP contribution in [0, 0.1) is 0 Å². The van der Waals surface area contributed by atoms with Crippen molar-refractivity contribution in [3.8, 4) is 5.75 Å². The van der Waals surface area contributed by atoms with E-state index in [1.165, 1.54) is 6.42 Å². The second-order valence-corrected chi connectivity index (χ2v) is 8.93. The maximum atomic E-state index is 13.6. The van der Waals surface area contributed by atoms with Gasteiger partial charge in [-0.15, -0.1) is 0 Å². The van der Waals surface area contributed by atoms with Gasteiger partial charge < -0.3 is 24.3 Å². The lowest BCUT2D eigenvalue weighted by Crippen LogP contribution is -2.65. The molecule has 2 aromatic rings. The Morgan fingerprint density at radius 3 is 2.68 bits per heavy atom. The molecule has 2 amide bonds. The zero-order chi connectivity index (χ0) is 22.0. The van der Waals surface area contributed by atoms with Gasteiger partial charge in [0.2, 0.25) is 5.91 Å². The lowest BCUT2D eigenvalue weighted by atomic mass is 9.91. The van der Waals surface area contributed by atoms with E-state index in [1.807, 2.05) is 35.8 Å². The fourth-order valence-corrected chi connectivity index (χ4v) is 4.96. The number of ether oxygens (including phenoxy) is 2. The number of hydrogen-bond acceptors (Lipinski definition) is 4. The first-order chi connectivity index (χ1) is 15.0. The van der Waals surface area contributed by atoms with Crippen LogP contribution >= 0.6 is 0 Å². The topological polar surface area (TPSA) is 72.8 Å². The normalized spacial score (nSPS) is 21.9. The maximum Gasteiger partial charge on any atom is 0.271 e. The van der Waals surface area contributed by atoms with Crippen LogP contribution in [0.1, 0.15) is 55.9 Å². The third-order valence-corrected chi connectivity index (χ3v) is 6.80. The Hall–Kier alpha value is -2.54. The van der Waals surface area contributed by atoms with Crippen molar-refractivity contribution in [3.63, 3.8) is 0 Å². The summed E-state index contributed by atoms with van der Waals surface area (Å²) in [5, 5.41) is 4.23. The molecule has 7 nitrogen and oxygen atoms in total. The number of nitrogens with one attached hydrogen (secondary N) is 1. The van der Waals surface area contributed by atoms with Crippen LogP contribution in [0.3, 0.4) is 0 Å². The fraction of sp³-hybridized carbons (Fsp3) is 0.583. The van der Waals surface area contributed by atoms with Crippen LogP contribution in [0.2, 0.25) is 0 Å². The van der Waals surface area contributed by atoms with Gasteiger partial charge in [0.15, 0.2) is 0 Å². The van der Waals surface area contributed by atoms with Crippen molar-refractivity contribution < 1.29 is 19.1 Å². The van der Waals surface area contributed by atoms with Gasteiger partial charge in [-0.25, -0.2) is 0 Å². The number of nitrogens with zero attached hydrogens (tertiary/aromatic N) is 2. The molecule has 2 aliphatic rings. The molecule has 1 aromatic carbocycles. The predicted octanol–water partition coefficient (Wildman–Crippen LogP) is 3.35. The van der Waals surface area contributed by atoms with Crippen LogP contribution in [0.5, 0.6) is 5.75 Å². The minimum Gasteiger partial charge on any atom is -0.497 e. The van der Waals surface area contributed by atoms with Crippen LogP contribution in [0.15, 0.2) is 24.3 Å². The third kappa shape index (κ3) is 4.03. The molecule has 0 bridgehead atoms. The van der Waals surface area contributed by atoms with Crippen molar-refractivity contribution in [3.05, 3.63) is 30.0 Å². The first-order valence-corrected chi connectivity index (χ1v) is 11.3. The van der Waals surface area contributed by atoms with Crippen molar-refractivity contribution in [2.75, 3.05) is 27.4 Å². The number of amides is 2. The van der Waals surface area contributed by atoms with Gasteiger partial charge in [0.05, 0.1) is 19.2 Å². The molecular formula is C24H33N3O4. The highest BCUT2D eigenvalue weighted by Crippen LogP contribution is 2.34. The Morgan fingerprint density at radius 2 is 1.97 bits per heavy atom. The van der Waals surface area contributed by atoms with Gasteiger partial charge >= 0.3 is 0 Å². The number of benzene rings is 1. The van der Waals surface area contributed by atoms with Crippen molar-refractivity contribution in [1.82, 2.24) is 14.8 Å². The largest absolute Gasteiger partial charge is 0.497 e. The molecule has 7 heteroatoms. The molecule has 4 rings (SSSR count). The number of carbonyl (C=O) groups is 2. The summed E-state index contributed by atoms with van der Waals surface area (Å²) < 4.78 is 12.6. The molecular weight excluding hydrogens is 394 g/mol. The average molecular weight is 428 g/mol. The summed E-state index contributed by atoms with van der Waals surface area (Å²) in [6, 6.07) is 7.90. The molecule has 1 N–H and O–H groups in total. The van der Waals surface area contributed by atoms with E-state index in [0.29, 0.717) is 31.8 Å². The molecule has 1 atom stereocenters. The minimum absolute atomic E-state index is 0.0689. The zero-order valence-electron chi connectivity index (χ0n) is 18.8. The average Bonchev–Trinajstić information content (AvgIpc) is 3.14. The fourth-order valence-electron chi connectivity index (χ4n) is 4.96. The number of fused-ring (bicyclic) bond motifs is 3. The lowest BCUT2D eigenvalue weighted by Gasteiger charge is -2.45. The first-order valence-electron chi connectivity index (χ1n) is 11.3. The highest BCUT2D eigenvalue weighted by Gasteiger charge is 2.47. The van der Waals surface area contributed by atoms with E-state index in [4.69, 9.17) is 9.47 Å². The number of hydrogen-bond donors (Lipinski definition) is 1. The van der Waals surface area contributed by atoms with E-state index in [9.17, 15) is 9.59 Å². The molecule has 1 aliphatic heterocycles. The summed E-state index contributed by atoms with van der Waals surface area (Å²) in [5.41, 5.74) is 0.559. The Balaban J connectivity index is 1.71. The Kier molecular flexibility index (Phi) is 6.23. The molecule has 1 fully saturated rings. The van der Waals surface area contributed by atoms with E-state index in [-0.39, 0.29) is 17.9 Å². The van der Waals surface area contributed by atoms with Crippen LogP contribution in [0.4, 0.5) is 0 Å². The molecule has 1 saturated carbocycles. The molecule has 1 aromatic heterocycles. The Labute approximate surface area is 183 Å². The second-order valence-electron chi connectivity index (χ2n) is 8.93. The van der Waals surface area contributed by atoms with Gasteiger partial charge in [-0.3, -0.25) is 9.59 Å². The molecule has 2 heterocycles. The Bertz CT molecular complexity index is 963. The molecule has 1 aliphatic carbocycles. The molecule has 0 saturated heterocycles. The number of aromatic nitrogens is 1. The van der Waals surface area contributed by atoms with Crippen LogP contribution in [-0.4, -0.2) is 60.2 Å². The maximum absolute atomic E-state index is 13.6. The summed E-state index contributed by atoms with van der Waals surface area (Å²) >= 11 is 0. The second kappa shape index (κ2) is 8.91. The highest BCUT2D eigenvalue weighted by atomic mass is 16.5. The summed E-state index contributed by atoms with van der Waals surface area (Å²) in [6.45, 7) is 3.33. The number of methoxy groups -OCH3 is 2. The number of carbonyl (C=O) groups excluding carboxylic acids is 2. The molecule has 168 valence electrons. The molecule has 1 unspecified atom stereocenters. The zero-order valence-corrected chi connectivity index (χ0v) is 18.8. The summed E-state index contributed by atoms with van der Waals surface area (Å²) in [5.74, 6) is 0.552. The Morgan fingerprint density at radius 1 is 1.19 bits per heavy atom. The van der Waals surface area contributed by atoms with Crippen LogP contribution in [-0.2, 0) is 16.1 Å². The van der Waals surface area contributed by atoms with Gasteiger partial charge in [0.25, 0.3) is 5.91 Å². The van der Waals surface area contributed by atoms with Gasteiger partial charge in [0, 0.05) is 37.8 Å². The molecule has 0 radical (unpaired) electrons. The highest BCUT2D eigenvalue weighted by molar-refractivity contribution is 6.03. The smallest absolute Gasteiger partial charge is 0.271 e. The van der Waals surface area contributed by atoms with E-state index < -0.39 is 5.54 Å². The van der Waals surface area contributed by atoms with E-state index in [2.05, 4.69) is 5.32 Å². The standard InChI is InChI=1S/C24H33N3O4/c1-24(23(29)25-18-8-5-4-6-9-18)16-26-20-15-19(31-3)11-10-17(20)14-21(26)22(28)27(24)12-7-13-30-2/h10-11,14-15,18H,4-9,12-13,16H2,1-3H3,(H,25,29). The molecule has 31 heavy (non-hydrogen) atoms. The minimum atomic E-state index is -0.968. The predicted molar refractivity (Wildman–Crippen MR) is 119 cm³/mol.